The Balaban J connectivity index is 1.52. The minimum Gasteiger partial charge on any atom is -0.497 e. The first-order chi connectivity index (χ1) is 15.7. The predicted octanol–water partition coefficient (Wildman–Crippen LogP) is 5.50. The average Bonchev–Trinajstić information content (AvgIpc) is 3.25. The molecule has 0 spiro atoms. The number of rotatable bonds is 8. The van der Waals surface area contributed by atoms with Crippen LogP contribution in [-0.2, 0) is 22.7 Å². The van der Waals surface area contributed by atoms with Crippen molar-refractivity contribution in [1.29, 1.82) is 5.26 Å². The SMILES string of the molecule is COc1ccc(-c2nc(COC3CCCCO3)c(COc3ccc(C#N)c(Cl)c3)o2)cc1. The van der Waals surface area contributed by atoms with Crippen LogP contribution in [0, 0.1) is 11.3 Å². The zero-order chi connectivity index (χ0) is 22.3. The molecule has 1 fully saturated rings. The maximum atomic E-state index is 9.03. The van der Waals surface area contributed by atoms with Gasteiger partial charge in [-0.1, -0.05) is 11.6 Å². The maximum absolute atomic E-state index is 9.03. The highest BCUT2D eigenvalue weighted by atomic mass is 35.5. The lowest BCUT2D eigenvalue weighted by atomic mass is 10.2. The number of nitriles is 1. The Kier molecular flexibility index (Phi) is 7.28. The lowest BCUT2D eigenvalue weighted by Crippen LogP contribution is -2.22. The van der Waals surface area contributed by atoms with Crippen molar-refractivity contribution in [2.75, 3.05) is 13.7 Å². The molecule has 1 aliphatic heterocycles. The Hall–Kier alpha value is -3.05. The Morgan fingerprint density at radius 1 is 1.12 bits per heavy atom. The van der Waals surface area contributed by atoms with Gasteiger partial charge in [0.2, 0.25) is 5.89 Å². The molecule has 1 unspecified atom stereocenters. The molecular formula is C24H23ClN2O5. The van der Waals surface area contributed by atoms with Crippen LogP contribution in [-0.4, -0.2) is 25.0 Å². The normalized spacial score (nSPS) is 15.8. The van der Waals surface area contributed by atoms with Crippen LogP contribution >= 0.6 is 11.6 Å². The summed E-state index contributed by atoms with van der Waals surface area (Å²) in [4.78, 5) is 4.64. The summed E-state index contributed by atoms with van der Waals surface area (Å²) >= 11 is 6.10. The monoisotopic (exact) mass is 454 g/mol. The van der Waals surface area contributed by atoms with E-state index in [1.807, 2.05) is 30.3 Å². The van der Waals surface area contributed by atoms with Gasteiger partial charge in [-0.25, -0.2) is 4.98 Å². The molecule has 0 bridgehead atoms. The molecule has 3 aromatic rings. The fourth-order valence-corrected chi connectivity index (χ4v) is 3.52. The molecule has 2 heterocycles. The summed E-state index contributed by atoms with van der Waals surface area (Å²) < 4.78 is 28.7. The summed E-state index contributed by atoms with van der Waals surface area (Å²) in [6.07, 6.45) is 2.75. The van der Waals surface area contributed by atoms with Crippen molar-refractivity contribution in [3.63, 3.8) is 0 Å². The van der Waals surface area contributed by atoms with Gasteiger partial charge in [0.15, 0.2) is 12.1 Å². The van der Waals surface area contributed by atoms with Gasteiger partial charge in [-0.2, -0.15) is 5.26 Å². The Labute approximate surface area is 191 Å². The molecule has 1 atom stereocenters. The third kappa shape index (κ3) is 5.40. The zero-order valence-electron chi connectivity index (χ0n) is 17.7. The lowest BCUT2D eigenvalue weighted by molar-refractivity contribution is -0.169. The summed E-state index contributed by atoms with van der Waals surface area (Å²) in [5.74, 6) is 2.29. The van der Waals surface area contributed by atoms with Gasteiger partial charge in [-0.3, -0.25) is 0 Å². The van der Waals surface area contributed by atoms with Crippen LogP contribution in [0.25, 0.3) is 11.5 Å². The number of ether oxygens (including phenoxy) is 4. The van der Waals surface area contributed by atoms with E-state index in [9.17, 15) is 0 Å². The smallest absolute Gasteiger partial charge is 0.226 e. The summed E-state index contributed by atoms with van der Waals surface area (Å²) in [5, 5.41) is 9.37. The van der Waals surface area contributed by atoms with E-state index in [0.29, 0.717) is 40.3 Å². The van der Waals surface area contributed by atoms with E-state index in [1.165, 1.54) is 0 Å². The molecule has 4 rings (SSSR count). The second kappa shape index (κ2) is 10.5. The molecule has 8 heteroatoms. The summed E-state index contributed by atoms with van der Waals surface area (Å²) in [6, 6.07) is 14.4. The van der Waals surface area contributed by atoms with Gasteiger partial charge in [0, 0.05) is 18.2 Å². The molecule has 1 aromatic heterocycles. The number of aromatic nitrogens is 1. The maximum Gasteiger partial charge on any atom is 0.226 e. The first-order valence-electron chi connectivity index (χ1n) is 10.3. The number of halogens is 1. The van der Waals surface area contributed by atoms with Crippen molar-refractivity contribution in [1.82, 2.24) is 4.98 Å². The van der Waals surface area contributed by atoms with Crippen LogP contribution in [0.15, 0.2) is 46.9 Å². The van der Waals surface area contributed by atoms with Crippen LogP contribution in [0.4, 0.5) is 0 Å². The van der Waals surface area contributed by atoms with Crippen molar-refractivity contribution in [3.05, 3.63) is 64.5 Å². The summed E-state index contributed by atoms with van der Waals surface area (Å²) in [6.45, 7) is 1.09. The molecule has 166 valence electrons. The average molecular weight is 455 g/mol. The van der Waals surface area contributed by atoms with Crippen molar-refractivity contribution in [3.8, 4) is 29.0 Å². The molecule has 1 saturated heterocycles. The van der Waals surface area contributed by atoms with Gasteiger partial charge in [0.25, 0.3) is 0 Å². The third-order valence-corrected chi connectivity index (χ3v) is 5.40. The van der Waals surface area contributed by atoms with Crippen molar-refractivity contribution in [2.45, 2.75) is 38.8 Å². The second-order valence-corrected chi connectivity index (χ2v) is 7.67. The summed E-state index contributed by atoms with van der Waals surface area (Å²) in [7, 11) is 1.62. The number of hydrogen-bond acceptors (Lipinski definition) is 7. The van der Waals surface area contributed by atoms with E-state index >= 15 is 0 Å². The largest absolute Gasteiger partial charge is 0.497 e. The molecule has 0 N–H and O–H groups in total. The van der Waals surface area contributed by atoms with Crippen LogP contribution < -0.4 is 9.47 Å². The van der Waals surface area contributed by atoms with Crippen LogP contribution in [0.3, 0.4) is 0 Å². The van der Waals surface area contributed by atoms with Gasteiger partial charge in [-0.05, 0) is 55.7 Å². The van der Waals surface area contributed by atoms with E-state index in [4.69, 9.17) is 40.2 Å². The van der Waals surface area contributed by atoms with E-state index in [1.54, 1.807) is 25.3 Å². The topological polar surface area (TPSA) is 86.7 Å². The Morgan fingerprint density at radius 2 is 1.94 bits per heavy atom. The van der Waals surface area contributed by atoms with Crippen LogP contribution in [0.2, 0.25) is 5.02 Å². The molecular weight excluding hydrogens is 432 g/mol. The fourth-order valence-electron chi connectivity index (χ4n) is 3.31. The van der Waals surface area contributed by atoms with Crippen LogP contribution in [0.1, 0.15) is 36.3 Å². The molecule has 1 aliphatic rings. The highest BCUT2D eigenvalue weighted by molar-refractivity contribution is 6.31. The highest BCUT2D eigenvalue weighted by Crippen LogP contribution is 2.28. The number of oxazole rings is 1. The predicted molar refractivity (Wildman–Crippen MR) is 117 cm³/mol. The van der Waals surface area contributed by atoms with Gasteiger partial charge >= 0.3 is 0 Å². The van der Waals surface area contributed by atoms with E-state index in [0.717, 1.165) is 30.6 Å². The van der Waals surface area contributed by atoms with Gasteiger partial charge in [0.05, 0.1) is 24.3 Å². The number of hydrogen-bond donors (Lipinski definition) is 0. The zero-order valence-corrected chi connectivity index (χ0v) is 18.4. The second-order valence-electron chi connectivity index (χ2n) is 7.27. The molecule has 0 aliphatic carbocycles. The minimum atomic E-state index is -0.240. The number of nitrogens with zero attached hydrogens (tertiary/aromatic N) is 2. The molecule has 0 radical (unpaired) electrons. The standard InChI is InChI=1S/C24H23ClN2O5/c1-28-18-8-5-16(6-9-18)24-27-21(14-31-23-4-2-3-11-29-23)22(32-24)15-30-19-10-7-17(13-26)20(25)12-19/h5-10,12,23H,2-4,11,14-15H2,1H3. The highest BCUT2D eigenvalue weighted by Gasteiger charge is 2.20. The lowest BCUT2D eigenvalue weighted by Gasteiger charge is -2.22. The van der Waals surface area contributed by atoms with Crippen molar-refractivity contribution < 1.29 is 23.4 Å². The first kappa shape index (κ1) is 22.2. The molecule has 32 heavy (non-hydrogen) atoms. The number of methoxy groups -OCH3 is 1. The number of benzene rings is 2. The van der Waals surface area contributed by atoms with Crippen molar-refractivity contribution >= 4 is 11.6 Å². The van der Waals surface area contributed by atoms with Gasteiger partial charge in [-0.15, -0.1) is 0 Å². The van der Waals surface area contributed by atoms with E-state index < -0.39 is 0 Å². The Bertz CT molecular complexity index is 1080. The van der Waals surface area contributed by atoms with Gasteiger partial charge in [0.1, 0.15) is 29.9 Å². The quantitative estimate of drug-likeness (QED) is 0.444. The molecule has 0 amide bonds. The fraction of sp³-hybridized carbons (Fsp3) is 0.333. The van der Waals surface area contributed by atoms with Crippen LogP contribution in [0.5, 0.6) is 11.5 Å². The molecule has 2 aromatic carbocycles. The van der Waals surface area contributed by atoms with E-state index in [2.05, 4.69) is 4.98 Å². The third-order valence-electron chi connectivity index (χ3n) is 5.09. The minimum absolute atomic E-state index is 0.135. The molecule has 0 saturated carbocycles. The molecule has 7 nitrogen and oxygen atoms in total. The Morgan fingerprint density at radius 3 is 2.62 bits per heavy atom. The van der Waals surface area contributed by atoms with Crippen molar-refractivity contribution in [2.24, 2.45) is 0 Å². The van der Waals surface area contributed by atoms with Gasteiger partial charge < -0.3 is 23.4 Å². The summed E-state index contributed by atoms with van der Waals surface area (Å²) in [5.41, 5.74) is 1.85. The van der Waals surface area contributed by atoms with E-state index in [-0.39, 0.29) is 19.5 Å². The first-order valence-corrected chi connectivity index (χ1v) is 10.7.